The van der Waals surface area contributed by atoms with Crippen molar-refractivity contribution in [1.29, 1.82) is 0 Å². The summed E-state index contributed by atoms with van der Waals surface area (Å²) in [6.07, 6.45) is 7.38. The average Bonchev–Trinajstić information content (AvgIpc) is 3.27. The molecule has 0 N–H and O–H groups in total. The fraction of sp³-hybridized carbons (Fsp3) is 0.607. The highest BCUT2D eigenvalue weighted by molar-refractivity contribution is 5.75. The number of hydrogen-bond acceptors (Lipinski definition) is 6. The maximum absolute atomic E-state index is 13.2. The Bertz CT molecular complexity index is 1010. The van der Waals surface area contributed by atoms with Crippen LogP contribution >= 0.6 is 0 Å². The molecule has 4 aliphatic rings. The zero-order valence-electron chi connectivity index (χ0n) is 20.2. The molecule has 6 rings (SSSR count). The third-order valence-electron chi connectivity index (χ3n) is 9.06. The molecule has 2 saturated carbocycles. The van der Waals surface area contributed by atoms with E-state index in [2.05, 4.69) is 24.0 Å². The third kappa shape index (κ3) is 3.95. The number of ether oxygens (including phenoxy) is 3. The normalized spacial score (nSPS) is 36.3. The van der Waals surface area contributed by atoms with Crippen molar-refractivity contribution in [2.45, 2.75) is 63.8 Å². The Hall–Kier alpha value is -2.31. The molecule has 2 saturated heterocycles. The second kappa shape index (κ2) is 8.42. The summed E-state index contributed by atoms with van der Waals surface area (Å²) in [6.45, 7) is 5.37. The zero-order valence-corrected chi connectivity index (χ0v) is 20.2. The van der Waals surface area contributed by atoms with Gasteiger partial charge in [-0.2, -0.15) is 0 Å². The van der Waals surface area contributed by atoms with Crippen LogP contribution in [0.1, 0.15) is 50.4 Å². The van der Waals surface area contributed by atoms with E-state index in [1.807, 2.05) is 24.3 Å². The molecule has 0 bridgehead atoms. The van der Waals surface area contributed by atoms with E-state index in [4.69, 9.17) is 18.6 Å². The summed E-state index contributed by atoms with van der Waals surface area (Å²) in [5.41, 5.74) is 1.48. The Morgan fingerprint density at radius 1 is 1.15 bits per heavy atom. The lowest BCUT2D eigenvalue weighted by Crippen LogP contribution is -2.51. The van der Waals surface area contributed by atoms with Crippen molar-refractivity contribution >= 4 is 5.97 Å². The van der Waals surface area contributed by atoms with Crippen molar-refractivity contribution in [2.75, 3.05) is 20.3 Å². The molecule has 1 aromatic heterocycles. The molecule has 2 aromatic rings. The average molecular weight is 466 g/mol. The molecular weight excluding hydrogens is 430 g/mol. The molecule has 4 fully saturated rings. The van der Waals surface area contributed by atoms with Crippen LogP contribution in [0.4, 0.5) is 0 Å². The number of nitrogens with zero attached hydrogens (tertiary/aromatic N) is 1. The van der Waals surface area contributed by atoms with Crippen LogP contribution in [-0.2, 0) is 27.4 Å². The number of epoxide rings is 1. The number of methoxy groups -OCH3 is 1. The molecule has 2 aliphatic carbocycles. The topological polar surface area (TPSA) is 64.4 Å². The molecular formula is C28H35NO5. The van der Waals surface area contributed by atoms with Gasteiger partial charge in [-0.05, 0) is 73.3 Å². The zero-order chi connectivity index (χ0) is 23.3. The quantitative estimate of drug-likeness (QED) is 0.432. The summed E-state index contributed by atoms with van der Waals surface area (Å²) >= 11 is 0. The number of hydrogen-bond donors (Lipinski definition) is 0. The lowest BCUT2D eigenvalue weighted by Gasteiger charge is -2.51. The molecule has 2 aliphatic heterocycles. The van der Waals surface area contributed by atoms with Gasteiger partial charge >= 0.3 is 5.97 Å². The summed E-state index contributed by atoms with van der Waals surface area (Å²) < 4.78 is 23.1. The third-order valence-corrected chi connectivity index (χ3v) is 9.06. The maximum Gasteiger partial charge on any atom is 0.310 e. The Kier molecular flexibility index (Phi) is 5.49. The first-order chi connectivity index (χ1) is 16.5. The predicted molar refractivity (Wildman–Crippen MR) is 126 cm³/mol. The molecule has 6 nitrogen and oxygen atoms in total. The SMILES string of the molecule is COc1ccc(CN(Cc2ccco2)C[C@@H]2C(=O)O[C@@H]3C[C@@]4(C)CCC[C@@]5(CO5)[C@@H]4C[C@H]23)cc1. The Balaban J connectivity index is 1.22. The van der Waals surface area contributed by atoms with Gasteiger partial charge in [-0.15, -0.1) is 0 Å². The Labute approximate surface area is 201 Å². The summed E-state index contributed by atoms with van der Waals surface area (Å²) in [5, 5.41) is 0. The van der Waals surface area contributed by atoms with Crippen molar-refractivity contribution in [1.82, 2.24) is 4.90 Å². The van der Waals surface area contributed by atoms with Crippen LogP contribution in [0.2, 0.25) is 0 Å². The fourth-order valence-corrected chi connectivity index (χ4v) is 7.24. The lowest BCUT2D eigenvalue weighted by atomic mass is 9.53. The maximum atomic E-state index is 13.2. The molecule has 0 amide bonds. The highest BCUT2D eigenvalue weighted by Crippen LogP contribution is 2.62. The molecule has 0 unspecified atom stereocenters. The smallest absolute Gasteiger partial charge is 0.310 e. The largest absolute Gasteiger partial charge is 0.497 e. The van der Waals surface area contributed by atoms with E-state index in [1.165, 1.54) is 24.8 Å². The van der Waals surface area contributed by atoms with Crippen molar-refractivity contribution in [3.8, 4) is 5.75 Å². The van der Waals surface area contributed by atoms with Crippen LogP contribution in [0.5, 0.6) is 5.75 Å². The van der Waals surface area contributed by atoms with Crippen LogP contribution < -0.4 is 4.74 Å². The van der Waals surface area contributed by atoms with Crippen molar-refractivity contribution in [2.24, 2.45) is 23.2 Å². The number of carbonyl (C=O) groups is 1. The van der Waals surface area contributed by atoms with Gasteiger partial charge < -0.3 is 18.6 Å². The van der Waals surface area contributed by atoms with Crippen molar-refractivity contribution in [3.63, 3.8) is 0 Å². The summed E-state index contributed by atoms with van der Waals surface area (Å²) in [6, 6.07) is 12.1. The summed E-state index contributed by atoms with van der Waals surface area (Å²) in [7, 11) is 1.68. The van der Waals surface area contributed by atoms with Crippen LogP contribution in [0.25, 0.3) is 0 Å². The first-order valence-corrected chi connectivity index (χ1v) is 12.7. The Morgan fingerprint density at radius 2 is 1.97 bits per heavy atom. The van der Waals surface area contributed by atoms with Gasteiger partial charge in [0.1, 0.15) is 17.6 Å². The van der Waals surface area contributed by atoms with Crippen molar-refractivity contribution in [3.05, 3.63) is 54.0 Å². The van der Waals surface area contributed by atoms with Crippen LogP contribution in [0, 0.1) is 23.2 Å². The van der Waals surface area contributed by atoms with Crippen molar-refractivity contribution < 1.29 is 23.4 Å². The van der Waals surface area contributed by atoms with Crippen LogP contribution in [0.15, 0.2) is 47.1 Å². The van der Waals surface area contributed by atoms with Crippen LogP contribution in [-0.4, -0.2) is 42.8 Å². The number of carbonyl (C=O) groups excluding carboxylic acids is 1. The van der Waals surface area contributed by atoms with Gasteiger partial charge in [0.25, 0.3) is 0 Å². The monoisotopic (exact) mass is 465 g/mol. The van der Waals surface area contributed by atoms with Gasteiger partial charge in [-0.3, -0.25) is 9.69 Å². The number of rotatable bonds is 7. The molecule has 6 atom stereocenters. The minimum absolute atomic E-state index is 0.0258. The van der Waals surface area contributed by atoms with Gasteiger partial charge in [0.05, 0.1) is 38.0 Å². The number of esters is 1. The van der Waals surface area contributed by atoms with E-state index in [1.54, 1.807) is 13.4 Å². The predicted octanol–water partition coefficient (Wildman–Crippen LogP) is 4.82. The molecule has 1 spiro atoms. The van der Waals surface area contributed by atoms with Gasteiger partial charge in [0.15, 0.2) is 0 Å². The number of fused-ring (bicyclic) bond motifs is 3. The molecule has 34 heavy (non-hydrogen) atoms. The Morgan fingerprint density at radius 3 is 2.68 bits per heavy atom. The highest BCUT2D eigenvalue weighted by Gasteiger charge is 2.65. The minimum atomic E-state index is -0.111. The van der Waals surface area contributed by atoms with Gasteiger partial charge in [-0.25, -0.2) is 0 Å². The first-order valence-electron chi connectivity index (χ1n) is 12.7. The standard InChI is InChI=1S/C28H35NO5/c1-27-10-4-11-28(18-33-28)25(27)13-22-23(26(30)34-24(22)14-27)17-29(16-21-5-3-12-32-21)15-19-6-8-20(31-2)9-7-19/h3,5-9,12,22-25H,4,10-11,13-18H2,1-2H3/t22-,23+,24-,25-,27-,28-/m1/s1. The van der Waals surface area contributed by atoms with E-state index in [-0.39, 0.29) is 34.9 Å². The first kappa shape index (κ1) is 22.2. The number of benzene rings is 1. The molecule has 0 radical (unpaired) electrons. The summed E-state index contributed by atoms with van der Waals surface area (Å²) in [4.78, 5) is 15.5. The summed E-state index contributed by atoms with van der Waals surface area (Å²) in [5.74, 6) is 2.41. The fourth-order valence-electron chi connectivity index (χ4n) is 7.24. The van der Waals surface area contributed by atoms with Gasteiger partial charge in [0.2, 0.25) is 0 Å². The second-order valence-corrected chi connectivity index (χ2v) is 11.2. The number of furan rings is 1. The van der Waals surface area contributed by atoms with E-state index in [9.17, 15) is 4.79 Å². The van der Waals surface area contributed by atoms with E-state index >= 15 is 0 Å². The van der Waals surface area contributed by atoms with E-state index in [0.717, 1.165) is 37.5 Å². The van der Waals surface area contributed by atoms with E-state index < -0.39 is 0 Å². The molecule has 1 aromatic carbocycles. The van der Waals surface area contributed by atoms with Crippen LogP contribution in [0.3, 0.4) is 0 Å². The minimum Gasteiger partial charge on any atom is -0.497 e. The molecule has 182 valence electrons. The molecule has 3 heterocycles. The van der Waals surface area contributed by atoms with E-state index in [0.29, 0.717) is 19.0 Å². The highest BCUT2D eigenvalue weighted by atomic mass is 16.6. The van der Waals surface area contributed by atoms with Gasteiger partial charge in [0, 0.05) is 19.0 Å². The second-order valence-electron chi connectivity index (χ2n) is 11.2. The lowest BCUT2D eigenvalue weighted by molar-refractivity contribution is -0.147. The molecule has 6 heteroatoms. The van der Waals surface area contributed by atoms with Gasteiger partial charge in [-0.1, -0.05) is 19.1 Å².